The lowest BCUT2D eigenvalue weighted by Crippen LogP contribution is -2.69. The summed E-state index contributed by atoms with van der Waals surface area (Å²) in [6, 6.07) is 0. The first-order valence-electron chi connectivity index (χ1n) is 10.9. The van der Waals surface area contributed by atoms with Crippen molar-refractivity contribution in [3.8, 4) is 0 Å². The number of phosphoric acid groups is 1. The van der Waals surface area contributed by atoms with Gasteiger partial charge in [-0.15, -0.1) is 0 Å². The lowest BCUT2D eigenvalue weighted by Gasteiger charge is -2.62. The number of aliphatic hydroxyl groups excluding tert-OH is 1. The number of ketones is 2. The van der Waals surface area contributed by atoms with Crippen LogP contribution in [0.1, 0.15) is 46.5 Å². The van der Waals surface area contributed by atoms with Crippen LogP contribution >= 0.6 is 7.82 Å². The fourth-order valence-electron chi connectivity index (χ4n) is 7.39. The van der Waals surface area contributed by atoms with Crippen molar-refractivity contribution in [2.45, 2.75) is 63.8 Å². The van der Waals surface area contributed by atoms with Gasteiger partial charge in [-0.2, -0.15) is 0 Å². The molecule has 0 unspecified atom stereocenters. The van der Waals surface area contributed by atoms with Gasteiger partial charge in [0.25, 0.3) is 0 Å². The molecular weight excluding hydrogens is 442 g/mol. The Hall–Kier alpha value is -1.22. The molecule has 3 saturated carbocycles. The third-order valence-electron chi connectivity index (χ3n) is 9.01. The highest BCUT2D eigenvalue weighted by Gasteiger charge is 2.75. The highest BCUT2D eigenvalue weighted by molar-refractivity contribution is 7.46. The number of hydrogen-bond acceptors (Lipinski definition) is 6. The van der Waals surface area contributed by atoms with E-state index in [0.717, 1.165) is 0 Å². The van der Waals surface area contributed by atoms with Crippen molar-refractivity contribution in [3.63, 3.8) is 0 Å². The zero-order valence-corrected chi connectivity index (χ0v) is 19.2. The predicted molar refractivity (Wildman–Crippen MR) is 111 cm³/mol. The molecule has 4 rings (SSSR count). The van der Waals surface area contributed by atoms with Gasteiger partial charge >= 0.3 is 7.82 Å². The lowest BCUT2D eigenvalue weighted by atomic mass is 9.44. The van der Waals surface area contributed by atoms with Gasteiger partial charge in [-0.05, 0) is 56.6 Å². The summed E-state index contributed by atoms with van der Waals surface area (Å²) in [4.78, 5) is 42.8. The molecule has 0 radical (unpaired) electrons. The van der Waals surface area contributed by atoms with Crippen LogP contribution in [0, 0.1) is 28.6 Å². The topological polar surface area (TPSA) is 141 Å². The predicted octanol–water partition coefficient (Wildman–Crippen LogP) is 2.01. The summed E-state index contributed by atoms with van der Waals surface area (Å²) in [6.07, 6.45) is 3.70. The molecule has 4 aliphatic rings. The molecule has 0 aromatic heterocycles. The molecule has 178 valence electrons. The Kier molecular flexibility index (Phi) is 5.34. The Morgan fingerprint density at radius 3 is 2.59 bits per heavy atom. The fourth-order valence-corrected chi connectivity index (χ4v) is 7.68. The summed E-state index contributed by atoms with van der Waals surface area (Å²) in [7, 11) is -4.93. The van der Waals surface area contributed by atoms with Gasteiger partial charge in [0.05, 0.1) is 6.10 Å². The molecule has 0 spiro atoms. The van der Waals surface area contributed by atoms with Gasteiger partial charge in [-0.25, -0.2) is 8.96 Å². The normalized spacial score (nSPS) is 48.0. The number of allylic oxidation sites excluding steroid dienone is 4. The molecule has 0 aliphatic heterocycles. The van der Waals surface area contributed by atoms with Gasteiger partial charge in [0.15, 0.2) is 17.2 Å². The molecule has 4 N–H and O–H groups in total. The highest BCUT2D eigenvalue weighted by atomic mass is 31.2. The number of carbonyl (C=O) groups excluding carboxylic acids is 2. The first-order valence-corrected chi connectivity index (χ1v) is 12.4. The molecule has 32 heavy (non-hydrogen) atoms. The van der Waals surface area contributed by atoms with Crippen LogP contribution in [-0.2, 0) is 18.7 Å². The second-order valence-electron chi connectivity index (χ2n) is 10.4. The summed E-state index contributed by atoms with van der Waals surface area (Å²) in [5, 5.41) is 22.8. The van der Waals surface area contributed by atoms with E-state index in [2.05, 4.69) is 4.52 Å². The molecule has 0 heterocycles. The minimum absolute atomic E-state index is 0.211. The second-order valence-corrected chi connectivity index (χ2v) is 11.6. The van der Waals surface area contributed by atoms with E-state index in [1.807, 2.05) is 0 Å². The summed E-state index contributed by atoms with van der Waals surface area (Å²) >= 11 is 0. The SMILES string of the molecule is C[C@@H]1C[C@@H]2[C@H]3CCC4=CC(=O)C=C[C@]4(C)[C@]3(F)[C@@H](O)C[C@]2(C)[C@]1(O)C(=O)COP(=O)(O)O. The zero-order valence-electron chi connectivity index (χ0n) is 18.3. The minimum atomic E-state index is -4.93. The molecule has 3 fully saturated rings. The second kappa shape index (κ2) is 7.14. The lowest BCUT2D eigenvalue weighted by molar-refractivity contribution is -0.219. The van der Waals surface area contributed by atoms with E-state index in [-0.39, 0.29) is 12.2 Å². The van der Waals surface area contributed by atoms with E-state index < -0.39 is 66.2 Å². The quantitative estimate of drug-likeness (QED) is 0.456. The van der Waals surface area contributed by atoms with Gasteiger partial charge in [0.2, 0.25) is 0 Å². The van der Waals surface area contributed by atoms with Crippen LogP contribution < -0.4 is 0 Å². The number of aliphatic hydroxyl groups is 2. The Labute approximate surface area is 185 Å². The van der Waals surface area contributed by atoms with Crippen molar-refractivity contribution >= 4 is 19.4 Å². The van der Waals surface area contributed by atoms with Crippen molar-refractivity contribution in [2.24, 2.45) is 28.6 Å². The molecule has 8 nitrogen and oxygen atoms in total. The third-order valence-corrected chi connectivity index (χ3v) is 9.48. The van der Waals surface area contributed by atoms with Crippen molar-refractivity contribution in [1.82, 2.24) is 0 Å². The number of alkyl halides is 1. The maximum atomic E-state index is 17.0. The standard InChI is InChI=1S/C22H30FO8P/c1-12-8-16-15-5-4-13-9-14(24)6-7-19(13,2)21(15,23)17(25)10-20(16,3)22(12,27)18(26)11-31-32(28,29)30/h6-7,9,12,15-17,25,27H,4-5,8,10-11H2,1-3H3,(H2,28,29,30)/t12-,15-,16-,17+,19+,20+,21-,22-/m1/s1. The van der Waals surface area contributed by atoms with Gasteiger partial charge < -0.3 is 20.0 Å². The largest absolute Gasteiger partial charge is 0.470 e. The Morgan fingerprint density at radius 2 is 1.97 bits per heavy atom. The van der Waals surface area contributed by atoms with E-state index in [1.165, 1.54) is 18.2 Å². The van der Waals surface area contributed by atoms with Gasteiger partial charge in [-0.3, -0.25) is 14.1 Å². The average molecular weight is 472 g/mol. The Morgan fingerprint density at radius 1 is 1.31 bits per heavy atom. The van der Waals surface area contributed by atoms with Crippen molar-refractivity contribution in [2.75, 3.05) is 6.61 Å². The summed E-state index contributed by atoms with van der Waals surface area (Å²) in [6.45, 7) is 4.00. The number of halogens is 1. The van der Waals surface area contributed by atoms with Crippen molar-refractivity contribution in [3.05, 3.63) is 23.8 Å². The first-order chi connectivity index (χ1) is 14.6. The maximum Gasteiger partial charge on any atom is 0.470 e. The van der Waals surface area contributed by atoms with Gasteiger partial charge in [0.1, 0.15) is 12.2 Å². The van der Waals surface area contributed by atoms with E-state index >= 15 is 4.39 Å². The van der Waals surface area contributed by atoms with Crippen molar-refractivity contribution < 1.29 is 43.1 Å². The maximum absolute atomic E-state index is 17.0. The third kappa shape index (κ3) is 2.95. The molecule has 10 heteroatoms. The molecular formula is C22H30FO8P. The summed E-state index contributed by atoms with van der Waals surface area (Å²) in [5.41, 5.74) is -5.88. The average Bonchev–Trinajstić information content (AvgIpc) is 2.89. The molecule has 8 atom stereocenters. The number of carbonyl (C=O) groups is 2. The fraction of sp³-hybridized carbons (Fsp3) is 0.727. The van der Waals surface area contributed by atoms with E-state index in [9.17, 15) is 24.4 Å². The van der Waals surface area contributed by atoms with E-state index in [0.29, 0.717) is 24.8 Å². The van der Waals surface area contributed by atoms with Gasteiger partial charge in [-0.1, -0.05) is 25.5 Å². The van der Waals surface area contributed by atoms with E-state index in [4.69, 9.17) is 9.79 Å². The van der Waals surface area contributed by atoms with Crippen LogP contribution in [0.2, 0.25) is 0 Å². The first kappa shape index (κ1) is 23.9. The number of rotatable bonds is 4. The Bertz CT molecular complexity index is 973. The zero-order chi connectivity index (χ0) is 23.9. The molecule has 0 aromatic rings. The van der Waals surface area contributed by atoms with Crippen LogP contribution in [-0.4, -0.2) is 55.5 Å². The number of hydrogen-bond donors (Lipinski definition) is 4. The summed E-state index contributed by atoms with van der Waals surface area (Å²) in [5.74, 6) is -2.87. The Balaban J connectivity index is 1.74. The van der Waals surface area contributed by atoms with E-state index in [1.54, 1.807) is 20.8 Å². The van der Waals surface area contributed by atoms with Gasteiger partial charge in [0, 0.05) is 16.7 Å². The number of fused-ring (bicyclic) bond motifs is 5. The van der Waals surface area contributed by atoms with Crippen LogP contribution in [0.3, 0.4) is 0 Å². The van der Waals surface area contributed by atoms with Crippen LogP contribution in [0.5, 0.6) is 0 Å². The van der Waals surface area contributed by atoms with Crippen LogP contribution in [0.4, 0.5) is 4.39 Å². The molecule has 0 saturated heterocycles. The molecule has 0 aromatic carbocycles. The van der Waals surface area contributed by atoms with Crippen LogP contribution in [0.25, 0.3) is 0 Å². The minimum Gasteiger partial charge on any atom is -0.390 e. The molecule has 0 bridgehead atoms. The summed E-state index contributed by atoms with van der Waals surface area (Å²) < 4.78 is 32.5. The highest BCUT2D eigenvalue weighted by Crippen LogP contribution is 2.70. The van der Waals surface area contributed by atoms with Crippen LogP contribution in [0.15, 0.2) is 23.8 Å². The monoisotopic (exact) mass is 472 g/mol. The van der Waals surface area contributed by atoms with Crippen molar-refractivity contribution in [1.29, 1.82) is 0 Å². The number of phosphoric ester groups is 1. The molecule has 0 amide bonds. The molecule has 4 aliphatic carbocycles. The smallest absolute Gasteiger partial charge is 0.390 e. The number of Topliss-reactive ketones (excluding diaryl/α,β-unsaturated/α-hetero) is 1.